The van der Waals surface area contributed by atoms with Crippen molar-refractivity contribution in [3.8, 4) is 11.3 Å². The molecule has 0 unspecified atom stereocenters. The standard InChI is InChI=1S/C16H13ClN4/c17-13-12-14(10-6-2-1-3-7-10)18-20-16(12)21-19-15(13)11-8-4-5-9-11/h1-3,6-8H,4-5,9H2,(H,18,20,21). The van der Waals surface area contributed by atoms with E-state index in [1.165, 1.54) is 5.57 Å². The van der Waals surface area contributed by atoms with Crippen LogP contribution in [0.25, 0.3) is 27.9 Å². The second kappa shape index (κ2) is 4.97. The van der Waals surface area contributed by atoms with Gasteiger partial charge in [-0.05, 0) is 24.8 Å². The number of allylic oxidation sites excluding steroid dienone is 2. The number of aromatic nitrogens is 4. The second-order valence-corrected chi connectivity index (χ2v) is 5.53. The topological polar surface area (TPSA) is 54.5 Å². The number of fused-ring (bicyclic) bond motifs is 1. The monoisotopic (exact) mass is 296 g/mol. The van der Waals surface area contributed by atoms with Gasteiger partial charge in [-0.2, -0.15) is 5.10 Å². The Morgan fingerprint density at radius 2 is 1.95 bits per heavy atom. The fourth-order valence-corrected chi connectivity index (χ4v) is 3.12. The van der Waals surface area contributed by atoms with Crippen molar-refractivity contribution in [3.63, 3.8) is 0 Å². The van der Waals surface area contributed by atoms with Crippen molar-refractivity contribution in [1.82, 2.24) is 20.4 Å². The molecule has 2 heterocycles. The van der Waals surface area contributed by atoms with Crippen molar-refractivity contribution in [2.24, 2.45) is 0 Å². The molecule has 0 fully saturated rings. The number of H-pyrrole nitrogens is 1. The summed E-state index contributed by atoms with van der Waals surface area (Å²) in [6.45, 7) is 0. The Bertz CT molecular complexity index is 836. The Morgan fingerprint density at radius 1 is 1.10 bits per heavy atom. The van der Waals surface area contributed by atoms with Gasteiger partial charge in [0.1, 0.15) is 5.69 Å². The van der Waals surface area contributed by atoms with Crippen LogP contribution in [-0.2, 0) is 0 Å². The summed E-state index contributed by atoms with van der Waals surface area (Å²) in [5.74, 6) is 0. The molecule has 0 atom stereocenters. The highest BCUT2D eigenvalue weighted by Gasteiger charge is 2.19. The largest absolute Gasteiger partial charge is 0.275 e. The molecule has 4 nitrogen and oxygen atoms in total. The molecule has 0 radical (unpaired) electrons. The first-order chi connectivity index (χ1) is 10.3. The average molecular weight is 297 g/mol. The number of nitrogens with one attached hydrogen (secondary N) is 1. The summed E-state index contributed by atoms with van der Waals surface area (Å²) in [4.78, 5) is 0. The molecule has 0 bridgehead atoms. The first-order valence-electron chi connectivity index (χ1n) is 6.99. The summed E-state index contributed by atoms with van der Waals surface area (Å²) in [7, 11) is 0. The van der Waals surface area contributed by atoms with Gasteiger partial charge in [-0.15, -0.1) is 10.2 Å². The smallest absolute Gasteiger partial charge is 0.204 e. The van der Waals surface area contributed by atoms with Crippen LogP contribution >= 0.6 is 11.6 Å². The molecule has 4 rings (SSSR count). The zero-order valence-corrected chi connectivity index (χ0v) is 12.1. The van der Waals surface area contributed by atoms with Gasteiger partial charge < -0.3 is 0 Å². The van der Waals surface area contributed by atoms with E-state index >= 15 is 0 Å². The minimum absolute atomic E-state index is 0.557. The summed E-state index contributed by atoms with van der Waals surface area (Å²) in [6.07, 6.45) is 5.45. The number of hydrogen-bond donors (Lipinski definition) is 1. The number of nitrogens with zero attached hydrogens (tertiary/aromatic N) is 3. The molecule has 1 aliphatic rings. The molecule has 0 saturated carbocycles. The summed E-state index contributed by atoms with van der Waals surface area (Å²) in [6, 6.07) is 10.0. The predicted molar refractivity (Wildman–Crippen MR) is 84.0 cm³/mol. The lowest BCUT2D eigenvalue weighted by Crippen LogP contribution is -1.94. The molecule has 5 heteroatoms. The van der Waals surface area contributed by atoms with Crippen LogP contribution in [0.2, 0.25) is 5.02 Å². The van der Waals surface area contributed by atoms with E-state index in [-0.39, 0.29) is 0 Å². The highest BCUT2D eigenvalue weighted by atomic mass is 35.5. The van der Waals surface area contributed by atoms with E-state index in [9.17, 15) is 0 Å². The molecule has 1 aliphatic carbocycles. The highest BCUT2D eigenvalue weighted by Crippen LogP contribution is 2.37. The van der Waals surface area contributed by atoms with Crippen LogP contribution in [0.15, 0.2) is 36.4 Å². The van der Waals surface area contributed by atoms with Gasteiger partial charge in [0.15, 0.2) is 0 Å². The molecule has 1 aromatic carbocycles. The van der Waals surface area contributed by atoms with E-state index in [0.717, 1.165) is 41.6 Å². The average Bonchev–Trinajstić information content (AvgIpc) is 3.18. The molecular formula is C16H13ClN4. The van der Waals surface area contributed by atoms with Gasteiger partial charge in [-0.1, -0.05) is 48.0 Å². The van der Waals surface area contributed by atoms with Crippen LogP contribution in [0.4, 0.5) is 0 Å². The predicted octanol–water partition coefficient (Wildman–Crippen LogP) is 4.24. The number of benzene rings is 1. The Labute approximate surface area is 126 Å². The third-order valence-electron chi connectivity index (χ3n) is 3.83. The lowest BCUT2D eigenvalue weighted by Gasteiger charge is -2.05. The van der Waals surface area contributed by atoms with Crippen molar-refractivity contribution < 1.29 is 0 Å². The maximum atomic E-state index is 6.61. The third kappa shape index (κ3) is 2.03. The van der Waals surface area contributed by atoms with Gasteiger partial charge in [0.25, 0.3) is 0 Å². The lowest BCUT2D eigenvalue weighted by molar-refractivity contribution is 0.927. The van der Waals surface area contributed by atoms with Gasteiger partial charge in [0, 0.05) is 5.56 Å². The van der Waals surface area contributed by atoms with Crippen LogP contribution in [0.3, 0.4) is 0 Å². The van der Waals surface area contributed by atoms with Crippen molar-refractivity contribution >= 4 is 28.2 Å². The maximum absolute atomic E-state index is 6.61. The molecule has 21 heavy (non-hydrogen) atoms. The molecule has 3 aromatic rings. The summed E-state index contributed by atoms with van der Waals surface area (Å²) in [5, 5.41) is 17.2. The molecule has 2 aromatic heterocycles. The molecule has 0 spiro atoms. The zero-order chi connectivity index (χ0) is 14.2. The fourth-order valence-electron chi connectivity index (χ4n) is 2.78. The van der Waals surface area contributed by atoms with Crippen LogP contribution in [0.1, 0.15) is 25.0 Å². The molecule has 1 N–H and O–H groups in total. The number of hydrogen-bond acceptors (Lipinski definition) is 3. The Balaban J connectivity index is 1.96. The SMILES string of the molecule is Clc1c(C2=CCCC2)nnc2n[nH]c(-c3ccccc3)c12. The minimum atomic E-state index is 0.557. The molecule has 0 amide bonds. The first kappa shape index (κ1) is 12.5. The van der Waals surface area contributed by atoms with Crippen molar-refractivity contribution in [3.05, 3.63) is 47.1 Å². The Morgan fingerprint density at radius 3 is 2.71 bits per heavy atom. The number of halogens is 1. The van der Waals surface area contributed by atoms with E-state index < -0.39 is 0 Å². The Kier molecular flexibility index (Phi) is 2.97. The number of rotatable bonds is 2. The summed E-state index contributed by atoms with van der Waals surface area (Å²) >= 11 is 6.61. The minimum Gasteiger partial charge on any atom is -0.275 e. The second-order valence-electron chi connectivity index (χ2n) is 5.15. The maximum Gasteiger partial charge on any atom is 0.204 e. The van der Waals surface area contributed by atoms with E-state index in [1.54, 1.807) is 0 Å². The lowest BCUT2D eigenvalue weighted by atomic mass is 10.1. The van der Waals surface area contributed by atoms with E-state index in [0.29, 0.717) is 10.7 Å². The van der Waals surface area contributed by atoms with Gasteiger partial charge in [-0.25, -0.2) is 0 Å². The van der Waals surface area contributed by atoms with Crippen molar-refractivity contribution in [1.29, 1.82) is 0 Å². The summed E-state index contributed by atoms with van der Waals surface area (Å²) in [5.41, 5.74) is 4.47. The normalized spacial score (nSPS) is 14.6. The fraction of sp³-hybridized carbons (Fsp3) is 0.188. The van der Waals surface area contributed by atoms with E-state index in [2.05, 4.69) is 26.5 Å². The third-order valence-corrected chi connectivity index (χ3v) is 4.19. The molecule has 104 valence electrons. The quantitative estimate of drug-likeness (QED) is 0.769. The highest BCUT2D eigenvalue weighted by molar-refractivity contribution is 6.37. The van der Waals surface area contributed by atoms with Gasteiger partial charge in [-0.3, -0.25) is 5.10 Å². The summed E-state index contributed by atoms with van der Waals surface area (Å²) < 4.78 is 0. The van der Waals surface area contributed by atoms with E-state index in [4.69, 9.17) is 11.6 Å². The van der Waals surface area contributed by atoms with Crippen LogP contribution in [0, 0.1) is 0 Å². The zero-order valence-electron chi connectivity index (χ0n) is 11.3. The van der Waals surface area contributed by atoms with Crippen LogP contribution < -0.4 is 0 Å². The van der Waals surface area contributed by atoms with Crippen molar-refractivity contribution in [2.45, 2.75) is 19.3 Å². The van der Waals surface area contributed by atoms with Crippen molar-refractivity contribution in [2.75, 3.05) is 0 Å². The molecule has 0 aliphatic heterocycles. The van der Waals surface area contributed by atoms with Gasteiger partial charge in [0.05, 0.1) is 16.1 Å². The van der Waals surface area contributed by atoms with Gasteiger partial charge in [0.2, 0.25) is 5.65 Å². The van der Waals surface area contributed by atoms with Crippen LogP contribution in [0.5, 0.6) is 0 Å². The Hall–Kier alpha value is -2.20. The molecular weight excluding hydrogens is 284 g/mol. The van der Waals surface area contributed by atoms with Crippen LogP contribution in [-0.4, -0.2) is 20.4 Å². The first-order valence-corrected chi connectivity index (χ1v) is 7.37. The molecule has 0 saturated heterocycles. The number of aromatic amines is 1. The van der Waals surface area contributed by atoms with Gasteiger partial charge >= 0.3 is 0 Å². The van der Waals surface area contributed by atoms with E-state index in [1.807, 2.05) is 30.3 Å².